The SMILES string of the molecule is FC(F)(F)CN1CC2(NS1)C1CCC2Cc2cc(-c3ncc(-c4ccccn4)s3)ccc2C1. The summed E-state index contributed by atoms with van der Waals surface area (Å²) in [7, 11) is 0. The molecule has 1 saturated heterocycles. The molecule has 6 rings (SSSR count). The third-order valence-electron chi connectivity index (χ3n) is 7.29. The van der Waals surface area contributed by atoms with E-state index >= 15 is 0 Å². The third-order valence-corrected chi connectivity index (χ3v) is 9.34. The van der Waals surface area contributed by atoms with Gasteiger partial charge in [0.05, 0.1) is 10.6 Å². The summed E-state index contributed by atoms with van der Waals surface area (Å²) in [5, 5.41) is 0.966. The summed E-state index contributed by atoms with van der Waals surface area (Å²) in [6, 6.07) is 12.5. The topological polar surface area (TPSA) is 41.0 Å². The maximum absolute atomic E-state index is 13.0. The zero-order chi connectivity index (χ0) is 22.6. The van der Waals surface area contributed by atoms with E-state index in [-0.39, 0.29) is 5.54 Å². The molecule has 3 heterocycles. The first-order chi connectivity index (χ1) is 15.9. The van der Waals surface area contributed by atoms with E-state index in [1.165, 1.54) is 15.4 Å². The Morgan fingerprint density at radius 1 is 1.06 bits per heavy atom. The number of benzene rings is 1. The lowest BCUT2D eigenvalue weighted by molar-refractivity contribution is -0.135. The second-order valence-electron chi connectivity index (χ2n) is 9.25. The minimum Gasteiger partial charge on any atom is -0.255 e. The zero-order valence-corrected chi connectivity index (χ0v) is 19.4. The molecule has 1 N–H and O–H groups in total. The molecule has 2 fully saturated rings. The van der Waals surface area contributed by atoms with Crippen LogP contribution in [0.5, 0.6) is 0 Å². The normalized spacial score (nSPS) is 27.1. The summed E-state index contributed by atoms with van der Waals surface area (Å²) < 4.78 is 43.9. The average molecular weight is 489 g/mol. The van der Waals surface area contributed by atoms with Crippen LogP contribution in [0, 0.1) is 11.8 Å². The van der Waals surface area contributed by atoms with E-state index in [9.17, 15) is 13.2 Å². The molecule has 3 atom stereocenters. The van der Waals surface area contributed by atoms with Crippen LogP contribution >= 0.6 is 23.5 Å². The molecule has 33 heavy (non-hydrogen) atoms. The van der Waals surface area contributed by atoms with Crippen molar-refractivity contribution in [1.82, 2.24) is 19.0 Å². The van der Waals surface area contributed by atoms with Crippen molar-refractivity contribution in [3.05, 3.63) is 59.9 Å². The fourth-order valence-corrected chi connectivity index (χ4v) is 7.83. The summed E-state index contributed by atoms with van der Waals surface area (Å²) in [5.41, 5.74) is 4.41. The molecule has 0 radical (unpaired) electrons. The fraction of sp³-hybridized carbons (Fsp3) is 0.417. The highest BCUT2D eigenvalue weighted by Gasteiger charge is 2.56. The lowest BCUT2D eigenvalue weighted by Crippen LogP contribution is -2.51. The lowest BCUT2D eigenvalue weighted by atomic mass is 9.79. The Hall–Kier alpha value is -1.94. The fourth-order valence-electron chi connectivity index (χ4n) is 5.75. The Balaban J connectivity index is 1.26. The first kappa shape index (κ1) is 21.6. The largest absolute Gasteiger partial charge is 0.402 e. The molecule has 1 aliphatic heterocycles. The van der Waals surface area contributed by atoms with Crippen LogP contribution in [0.25, 0.3) is 21.1 Å². The first-order valence-corrected chi connectivity index (χ1v) is 12.7. The Kier molecular flexibility index (Phi) is 5.28. The Bertz CT molecular complexity index is 1170. The lowest BCUT2D eigenvalue weighted by Gasteiger charge is -2.34. The molecular formula is C24H23F3N4S2. The van der Waals surface area contributed by atoms with Gasteiger partial charge in [0.1, 0.15) is 11.6 Å². The molecule has 172 valence electrons. The monoisotopic (exact) mass is 488 g/mol. The van der Waals surface area contributed by atoms with E-state index in [1.54, 1.807) is 17.5 Å². The molecule has 1 saturated carbocycles. The van der Waals surface area contributed by atoms with Crippen LogP contribution in [0.2, 0.25) is 0 Å². The van der Waals surface area contributed by atoms with Crippen LogP contribution in [0.15, 0.2) is 48.8 Å². The van der Waals surface area contributed by atoms with Crippen molar-refractivity contribution >= 4 is 23.5 Å². The molecule has 2 aromatic heterocycles. The van der Waals surface area contributed by atoms with Gasteiger partial charge >= 0.3 is 6.18 Å². The summed E-state index contributed by atoms with van der Waals surface area (Å²) in [5.74, 6) is 0.695. The number of thiazole rings is 1. The van der Waals surface area contributed by atoms with E-state index in [2.05, 4.69) is 32.9 Å². The van der Waals surface area contributed by atoms with E-state index in [1.807, 2.05) is 24.4 Å². The van der Waals surface area contributed by atoms with Gasteiger partial charge in [-0.3, -0.25) is 4.98 Å². The molecule has 1 spiro atoms. The number of nitrogens with one attached hydrogen (secondary N) is 1. The van der Waals surface area contributed by atoms with Gasteiger partial charge in [-0.1, -0.05) is 18.2 Å². The van der Waals surface area contributed by atoms with Crippen LogP contribution in [-0.2, 0) is 12.8 Å². The maximum Gasteiger partial charge on any atom is 0.402 e. The predicted molar refractivity (Wildman–Crippen MR) is 125 cm³/mol. The van der Waals surface area contributed by atoms with Crippen molar-refractivity contribution in [1.29, 1.82) is 0 Å². The van der Waals surface area contributed by atoms with E-state index in [0.29, 0.717) is 18.4 Å². The van der Waals surface area contributed by atoms with Crippen molar-refractivity contribution < 1.29 is 13.2 Å². The van der Waals surface area contributed by atoms with E-state index < -0.39 is 12.7 Å². The number of fused-ring (bicyclic) bond motifs is 1. The standard InChI is InChI=1S/C24H23F3N4S2/c25-24(26,27)14-31-13-23(30-33-31)18-6-7-19(23)11-17-9-16(5-4-15(17)10-18)22-29-12-21(32-22)20-3-1-2-8-28-20/h1-5,8-9,12,18-19,30H,6-7,10-11,13-14H2. The molecule has 3 aromatic rings. The smallest absolute Gasteiger partial charge is 0.255 e. The van der Waals surface area contributed by atoms with Gasteiger partial charge in [-0.15, -0.1) is 11.3 Å². The predicted octanol–water partition coefficient (Wildman–Crippen LogP) is 5.77. The highest BCUT2D eigenvalue weighted by Crippen LogP contribution is 2.52. The molecular weight excluding hydrogens is 465 g/mol. The first-order valence-electron chi connectivity index (χ1n) is 11.1. The molecule has 9 heteroatoms. The summed E-state index contributed by atoms with van der Waals surface area (Å²) in [6.45, 7) is -0.418. The molecule has 2 bridgehead atoms. The quantitative estimate of drug-likeness (QED) is 0.475. The second kappa shape index (κ2) is 8.08. The number of hydrogen-bond acceptors (Lipinski definition) is 6. The second-order valence-corrected chi connectivity index (χ2v) is 11.2. The van der Waals surface area contributed by atoms with Gasteiger partial charge in [0.25, 0.3) is 0 Å². The molecule has 1 aromatic carbocycles. The molecule has 3 unspecified atom stereocenters. The average Bonchev–Trinajstić information content (AvgIpc) is 3.47. The summed E-state index contributed by atoms with van der Waals surface area (Å²) >= 11 is 2.79. The molecule has 2 aliphatic carbocycles. The summed E-state index contributed by atoms with van der Waals surface area (Å²) in [4.78, 5) is 10.1. The van der Waals surface area contributed by atoms with Crippen LogP contribution in [-0.4, -0.2) is 39.1 Å². The van der Waals surface area contributed by atoms with Crippen LogP contribution in [0.3, 0.4) is 0 Å². The van der Waals surface area contributed by atoms with Crippen LogP contribution < -0.4 is 4.72 Å². The van der Waals surface area contributed by atoms with E-state index in [4.69, 9.17) is 0 Å². The van der Waals surface area contributed by atoms with Crippen LogP contribution in [0.4, 0.5) is 13.2 Å². The number of rotatable bonds is 3. The maximum atomic E-state index is 13.0. The van der Waals surface area contributed by atoms with E-state index in [0.717, 1.165) is 59.0 Å². The highest BCUT2D eigenvalue weighted by molar-refractivity contribution is 7.95. The Morgan fingerprint density at radius 3 is 2.64 bits per heavy atom. The minimum absolute atomic E-state index is 0.248. The van der Waals surface area contributed by atoms with Gasteiger partial charge < -0.3 is 0 Å². The van der Waals surface area contributed by atoms with Crippen LogP contribution in [0.1, 0.15) is 24.0 Å². The van der Waals surface area contributed by atoms with Crippen molar-refractivity contribution in [3.8, 4) is 21.1 Å². The van der Waals surface area contributed by atoms with Crippen molar-refractivity contribution in [2.45, 2.75) is 37.4 Å². The number of pyridine rings is 1. The third kappa shape index (κ3) is 3.99. The molecule has 4 nitrogen and oxygen atoms in total. The number of halogens is 3. The minimum atomic E-state index is -4.18. The number of hydrogen-bond donors (Lipinski definition) is 1. The zero-order valence-electron chi connectivity index (χ0n) is 17.8. The highest BCUT2D eigenvalue weighted by atomic mass is 32.2. The van der Waals surface area contributed by atoms with Gasteiger partial charge in [0, 0.05) is 42.2 Å². The molecule has 0 amide bonds. The Morgan fingerprint density at radius 2 is 1.88 bits per heavy atom. The van der Waals surface area contributed by atoms with Crippen molar-refractivity contribution in [3.63, 3.8) is 0 Å². The van der Waals surface area contributed by atoms with Gasteiger partial charge in [-0.2, -0.15) is 13.2 Å². The Labute approximate surface area is 198 Å². The molecule has 3 aliphatic rings. The van der Waals surface area contributed by atoms with Crippen molar-refractivity contribution in [2.75, 3.05) is 13.1 Å². The number of aromatic nitrogens is 2. The van der Waals surface area contributed by atoms with Crippen molar-refractivity contribution in [2.24, 2.45) is 11.8 Å². The summed E-state index contributed by atoms with van der Waals surface area (Å²) in [6.07, 6.45) is 3.42. The number of nitrogens with zero attached hydrogens (tertiary/aromatic N) is 3. The van der Waals surface area contributed by atoms with Gasteiger partial charge in [-0.05, 0) is 66.8 Å². The van der Waals surface area contributed by atoms with Gasteiger partial charge in [0.2, 0.25) is 0 Å². The van der Waals surface area contributed by atoms with Gasteiger partial charge in [0.15, 0.2) is 0 Å². The van der Waals surface area contributed by atoms with Gasteiger partial charge in [-0.25, -0.2) is 14.0 Å². The number of alkyl halides is 3.